The van der Waals surface area contributed by atoms with E-state index in [-0.39, 0.29) is 6.04 Å². The second-order valence-corrected chi connectivity index (χ2v) is 10.9. The maximum absolute atomic E-state index is 14.0. The highest BCUT2D eigenvalue weighted by atomic mass is 32.1. The molecule has 0 aliphatic carbocycles. The first kappa shape index (κ1) is 24.6. The average molecular weight is 556 g/mol. The summed E-state index contributed by atoms with van der Waals surface area (Å²) in [5, 5.41) is 4.30. The van der Waals surface area contributed by atoms with Crippen molar-refractivity contribution in [2.24, 2.45) is 4.99 Å². The molecule has 1 spiro atoms. The molecule has 1 unspecified atom stereocenters. The van der Waals surface area contributed by atoms with Crippen LogP contribution < -0.4 is 11.1 Å². The molecule has 2 aliphatic heterocycles. The zero-order valence-corrected chi connectivity index (χ0v) is 22.1. The Bertz CT molecular complexity index is 1800. The minimum absolute atomic E-state index is 0.316. The molecule has 200 valence electrons. The molecule has 2 atom stereocenters. The molecule has 7 rings (SSSR count). The van der Waals surface area contributed by atoms with Crippen LogP contribution in [0.2, 0.25) is 0 Å². The van der Waals surface area contributed by atoms with Gasteiger partial charge in [-0.15, -0.1) is 11.3 Å². The summed E-state index contributed by atoms with van der Waals surface area (Å²) in [4.78, 5) is 21.8. The Kier molecular flexibility index (Phi) is 5.72. The van der Waals surface area contributed by atoms with Gasteiger partial charge in [0, 0.05) is 21.3 Å². The van der Waals surface area contributed by atoms with E-state index in [0.29, 0.717) is 30.4 Å². The van der Waals surface area contributed by atoms with Crippen molar-refractivity contribution in [3.63, 3.8) is 0 Å². The van der Waals surface area contributed by atoms with Gasteiger partial charge in [0.15, 0.2) is 17.4 Å². The highest BCUT2D eigenvalue weighted by Crippen LogP contribution is 2.53. The quantitative estimate of drug-likeness (QED) is 0.242. The fourth-order valence-electron chi connectivity index (χ4n) is 5.16. The average Bonchev–Trinajstić information content (AvgIpc) is 3.59. The van der Waals surface area contributed by atoms with Crippen LogP contribution >= 0.6 is 11.3 Å². The molecule has 8 nitrogen and oxygen atoms in total. The van der Waals surface area contributed by atoms with Gasteiger partial charge in [0.1, 0.15) is 24.6 Å². The Morgan fingerprint density at radius 2 is 1.95 bits per heavy atom. The second kappa shape index (κ2) is 9.32. The van der Waals surface area contributed by atoms with Crippen LogP contribution in [0.25, 0.3) is 21.3 Å². The van der Waals surface area contributed by atoms with Crippen LogP contribution in [0, 0.1) is 11.6 Å². The van der Waals surface area contributed by atoms with Gasteiger partial charge in [-0.1, -0.05) is 12.1 Å². The van der Waals surface area contributed by atoms with E-state index in [2.05, 4.69) is 37.4 Å². The molecule has 0 radical (unpaired) electrons. The number of pyridine rings is 1. The van der Waals surface area contributed by atoms with E-state index in [0.717, 1.165) is 43.5 Å². The largest absolute Gasteiger partial charge is 0.383 e. The summed E-state index contributed by atoms with van der Waals surface area (Å²) < 4.78 is 33.6. The van der Waals surface area contributed by atoms with Crippen LogP contribution in [0.4, 0.5) is 26.1 Å². The van der Waals surface area contributed by atoms with Crippen LogP contribution in [0.5, 0.6) is 0 Å². The molecule has 2 aromatic carbocycles. The molecule has 3 aromatic heterocycles. The molecule has 5 aromatic rings. The van der Waals surface area contributed by atoms with Crippen molar-refractivity contribution in [3.05, 3.63) is 94.8 Å². The number of hydrogen-bond acceptors (Lipinski definition) is 9. The van der Waals surface area contributed by atoms with Gasteiger partial charge in [0.2, 0.25) is 0 Å². The van der Waals surface area contributed by atoms with Crippen molar-refractivity contribution < 1.29 is 13.5 Å². The van der Waals surface area contributed by atoms with Gasteiger partial charge in [-0.25, -0.2) is 28.7 Å². The Morgan fingerprint density at radius 3 is 2.77 bits per heavy atom. The van der Waals surface area contributed by atoms with E-state index >= 15 is 0 Å². The lowest BCUT2D eigenvalue weighted by Crippen LogP contribution is -2.40. The Morgan fingerprint density at radius 1 is 1.07 bits per heavy atom. The zero-order chi connectivity index (χ0) is 27.4. The van der Waals surface area contributed by atoms with Gasteiger partial charge in [-0.2, -0.15) is 0 Å². The summed E-state index contributed by atoms with van der Waals surface area (Å²) in [6.45, 7) is 2.89. The summed E-state index contributed by atoms with van der Waals surface area (Å²) in [6, 6.07) is 15.6. The number of aromatic nitrogens is 3. The molecular formula is C29H23F2N7OS. The fraction of sp³-hybridized carbons (Fsp3) is 0.172. The Labute approximate surface area is 232 Å². The van der Waals surface area contributed by atoms with E-state index < -0.39 is 17.4 Å². The van der Waals surface area contributed by atoms with E-state index in [1.807, 2.05) is 36.1 Å². The number of fused-ring (bicyclic) bond motifs is 3. The van der Waals surface area contributed by atoms with Crippen molar-refractivity contribution in [3.8, 4) is 10.4 Å². The standard InChI is InChI=1S/C29H23F2N7OS/c1-16(17-2-5-21(30)22(31)11-17)38-15-37-24-8-9-33-28(26(24)29(38)13-39-29)34-12-19-4-7-25(40-19)18-3-6-23-20(10-18)27(32)36-14-35-23/h2-11,14-16H,12-13H2,1H3,(H,33,34)(H2,32,35,36)/t16-,29?/m0/s1. The van der Waals surface area contributed by atoms with Crippen molar-refractivity contribution in [2.75, 3.05) is 17.7 Å². The molecule has 0 bridgehead atoms. The maximum atomic E-state index is 14.0. The first-order valence-corrected chi connectivity index (χ1v) is 13.5. The number of ether oxygens (including phenoxy) is 1. The number of nitrogen functional groups attached to an aromatic ring is 1. The number of aliphatic imine (C=N–C) groups is 1. The highest BCUT2D eigenvalue weighted by Gasteiger charge is 2.57. The number of epoxide rings is 1. The smallest absolute Gasteiger partial charge is 0.198 e. The maximum Gasteiger partial charge on any atom is 0.198 e. The topological polar surface area (TPSA) is 105 Å². The van der Waals surface area contributed by atoms with Crippen LogP contribution in [-0.2, 0) is 17.0 Å². The number of nitrogens with one attached hydrogen (secondary N) is 1. The third kappa shape index (κ3) is 4.05. The van der Waals surface area contributed by atoms with Crippen molar-refractivity contribution in [2.45, 2.75) is 25.2 Å². The number of nitrogens with two attached hydrogens (primary N) is 1. The van der Waals surface area contributed by atoms with E-state index in [9.17, 15) is 8.78 Å². The number of hydrogen-bond donors (Lipinski definition) is 2. The molecule has 5 heterocycles. The van der Waals surface area contributed by atoms with Crippen LogP contribution in [0.3, 0.4) is 0 Å². The molecule has 3 N–H and O–H groups in total. The lowest BCUT2D eigenvalue weighted by molar-refractivity contribution is 0.116. The van der Waals surface area contributed by atoms with E-state index in [4.69, 9.17) is 10.5 Å². The normalized spacial score (nSPS) is 18.2. The van der Waals surface area contributed by atoms with Crippen molar-refractivity contribution in [1.29, 1.82) is 0 Å². The van der Waals surface area contributed by atoms with Gasteiger partial charge >= 0.3 is 0 Å². The predicted molar refractivity (Wildman–Crippen MR) is 151 cm³/mol. The summed E-state index contributed by atoms with van der Waals surface area (Å²) in [6.07, 6.45) is 4.88. The molecular weight excluding hydrogens is 532 g/mol. The molecule has 0 amide bonds. The third-order valence-electron chi connectivity index (χ3n) is 7.36. The number of benzene rings is 2. The summed E-state index contributed by atoms with van der Waals surface area (Å²) >= 11 is 1.67. The zero-order valence-electron chi connectivity index (χ0n) is 21.3. The number of rotatable bonds is 6. The van der Waals surface area contributed by atoms with Gasteiger partial charge in [-0.05, 0) is 60.5 Å². The number of thiophene rings is 1. The second-order valence-electron chi connectivity index (χ2n) is 9.74. The molecule has 0 saturated carbocycles. The van der Waals surface area contributed by atoms with Crippen molar-refractivity contribution >= 4 is 45.9 Å². The number of halogens is 2. The summed E-state index contributed by atoms with van der Waals surface area (Å²) in [5.41, 5.74) is 9.33. The lowest BCUT2D eigenvalue weighted by atomic mass is 9.99. The molecule has 2 aliphatic rings. The fourth-order valence-corrected chi connectivity index (χ4v) is 6.11. The van der Waals surface area contributed by atoms with Crippen LogP contribution in [-0.4, -0.2) is 32.8 Å². The van der Waals surface area contributed by atoms with E-state index in [1.165, 1.54) is 12.4 Å². The number of nitrogens with zero attached hydrogens (tertiary/aromatic N) is 5. The van der Waals surface area contributed by atoms with Gasteiger partial charge in [0.05, 0.1) is 35.7 Å². The first-order valence-electron chi connectivity index (χ1n) is 12.7. The minimum Gasteiger partial charge on any atom is -0.383 e. The predicted octanol–water partition coefficient (Wildman–Crippen LogP) is 6.15. The van der Waals surface area contributed by atoms with Gasteiger partial charge < -0.3 is 20.7 Å². The van der Waals surface area contributed by atoms with Gasteiger partial charge in [-0.3, -0.25) is 0 Å². The van der Waals surface area contributed by atoms with Gasteiger partial charge in [0.25, 0.3) is 0 Å². The SMILES string of the molecule is C[C@@H](c1ccc(F)c(F)c1)N1C=Nc2ccnc(NCc3ccc(-c4ccc5ncnc(N)c5c4)s3)c2C12CO2. The molecule has 1 saturated heterocycles. The lowest BCUT2D eigenvalue weighted by Gasteiger charge is -2.37. The number of anilines is 2. The monoisotopic (exact) mass is 555 g/mol. The van der Waals surface area contributed by atoms with Crippen LogP contribution in [0.15, 0.2) is 72.1 Å². The molecule has 1 fully saturated rings. The first-order chi connectivity index (χ1) is 19.4. The minimum atomic E-state index is -0.885. The van der Waals surface area contributed by atoms with Crippen molar-refractivity contribution in [1.82, 2.24) is 19.9 Å². The highest BCUT2D eigenvalue weighted by molar-refractivity contribution is 7.15. The molecule has 11 heteroatoms. The molecule has 40 heavy (non-hydrogen) atoms. The van der Waals surface area contributed by atoms with E-state index in [1.54, 1.807) is 29.9 Å². The van der Waals surface area contributed by atoms with Crippen LogP contribution in [0.1, 0.15) is 29.0 Å². The summed E-state index contributed by atoms with van der Waals surface area (Å²) in [5.74, 6) is -0.640. The Balaban J connectivity index is 1.14. The summed E-state index contributed by atoms with van der Waals surface area (Å²) in [7, 11) is 0. The Hall–Kier alpha value is -4.48. The third-order valence-corrected chi connectivity index (χ3v) is 8.50.